The molecule has 65 heavy (non-hydrogen) atoms. The van der Waals surface area contributed by atoms with Gasteiger partial charge in [0.25, 0.3) is 0 Å². The van der Waals surface area contributed by atoms with Gasteiger partial charge in [0.2, 0.25) is 0 Å². The minimum atomic E-state index is -0.125. The average Bonchev–Trinajstić information content (AvgIpc) is 3.60. The average molecular weight is 831 g/mol. The second-order valence-corrected chi connectivity index (χ2v) is 17.7. The van der Waals surface area contributed by atoms with E-state index in [0.717, 1.165) is 34.1 Å². The molecule has 0 atom stereocenters. The fourth-order valence-corrected chi connectivity index (χ4v) is 10.4. The standard InChI is InChI=1S/C63H46N2/c1-63(2)59-26-11-10-22-56(59)57-40-39-52(42-60(57)63)65(61-27-12-20-46-18-8-9-21-54(46)61)62-28-14-24-55-53(23-13-25-58(55)62)47-32-36-50(37-33-47)64(51-38-31-44-17-6-7-19-48(44)41-51)49-34-29-45(30-35-49)43-15-4-3-5-16-43/h3-42H,1-2H3. The van der Waals surface area contributed by atoms with Crippen LogP contribution in [0.3, 0.4) is 0 Å². The van der Waals surface area contributed by atoms with Crippen molar-refractivity contribution in [2.45, 2.75) is 19.3 Å². The van der Waals surface area contributed by atoms with Gasteiger partial charge in [0.05, 0.1) is 11.4 Å². The normalized spacial score (nSPS) is 12.6. The molecular formula is C63H46N2. The quantitative estimate of drug-likeness (QED) is 0.151. The van der Waals surface area contributed by atoms with Gasteiger partial charge in [-0.1, -0.05) is 196 Å². The summed E-state index contributed by atoms with van der Waals surface area (Å²) in [7, 11) is 0. The summed E-state index contributed by atoms with van der Waals surface area (Å²) in [6.45, 7) is 4.73. The number of rotatable bonds is 8. The molecule has 12 rings (SSSR count). The van der Waals surface area contributed by atoms with Crippen molar-refractivity contribution in [2.75, 3.05) is 9.80 Å². The maximum absolute atomic E-state index is 2.49. The van der Waals surface area contributed by atoms with Gasteiger partial charge < -0.3 is 9.80 Å². The Balaban J connectivity index is 0.975. The monoisotopic (exact) mass is 830 g/mol. The molecule has 0 amide bonds. The Morgan fingerprint density at radius 2 is 0.785 bits per heavy atom. The molecular weight excluding hydrogens is 785 g/mol. The van der Waals surface area contributed by atoms with Gasteiger partial charge in [-0.05, 0) is 127 Å². The topological polar surface area (TPSA) is 6.48 Å². The molecule has 1 aliphatic rings. The lowest BCUT2D eigenvalue weighted by Crippen LogP contribution is -2.16. The van der Waals surface area contributed by atoms with Crippen LogP contribution >= 0.6 is 0 Å². The van der Waals surface area contributed by atoms with E-state index < -0.39 is 0 Å². The first kappa shape index (κ1) is 38.5. The van der Waals surface area contributed by atoms with Gasteiger partial charge in [-0.15, -0.1) is 0 Å². The van der Waals surface area contributed by atoms with Crippen molar-refractivity contribution in [3.05, 3.63) is 254 Å². The first-order valence-electron chi connectivity index (χ1n) is 22.6. The van der Waals surface area contributed by atoms with E-state index in [4.69, 9.17) is 0 Å². The summed E-state index contributed by atoms with van der Waals surface area (Å²) in [6, 6.07) is 88.9. The molecule has 2 nitrogen and oxygen atoms in total. The van der Waals surface area contributed by atoms with Crippen molar-refractivity contribution in [3.63, 3.8) is 0 Å². The number of fused-ring (bicyclic) bond motifs is 6. The maximum Gasteiger partial charge on any atom is 0.0540 e. The Hall–Kier alpha value is -8.20. The Labute approximate surface area is 380 Å². The zero-order chi connectivity index (χ0) is 43.5. The van der Waals surface area contributed by atoms with Crippen molar-refractivity contribution in [3.8, 4) is 33.4 Å². The molecule has 0 fully saturated rings. The minimum absolute atomic E-state index is 0.125. The highest BCUT2D eigenvalue weighted by atomic mass is 15.1. The summed E-state index contributed by atoms with van der Waals surface area (Å²) in [4.78, 5) is 4.85. The molecule has 11 aromatic rings. The fraction of sp³-hybridized carbons (Fsp3) is 0.0476. The molecule has 11 aromatic carbocycles. The van der Waals surface area contributed by atoms with E-state index in [1.54, 1.807) is 0 Å². The van der Waals surface area contributed by atoms with Gasteiger partial charge in [-0.2, -0.15) is 0 Å². The predicted octanol–water partition coefficient (Wildman–Crippen LogP) is 17.7. The second-order valence-electron chi connectivity index (χ2n) is 17.7. The van der Waals surface area contributed by atoms with Crippen molar-refractivity contribution < 1.29 is 0 Å². The third-order valence-electron chi connectivity index (χ3n) is 13.6. The first-order valence-corrected chi connectivity index (χ1v) is 22.6. The van der Waals surface area contributed by atoms with Crippen LogP contribution in [-0.4, -0.2) is 0 Å². The lowest BCUT2D eigenvalue weighted by molar-refractivity contribution is 0.660. The smallest absolute Gasteiger partial charge is 0.0540 e. The van der Waals surface area contributed by atoms with Crippen LogP contribution in [0.15, 0.2) is 243 Å². The van der Waals surface area contributed by atoms with Gasteiger partial charge in [0.1, 0.15) is 0 Å². The van der Waals surface area contributed by atoms with Crippen LogP contribution in [0.1, 0.15) is 25.0 Å². The van der Waals surface area contributed by atoms with E-state index in [1.807, 2.05) is 0 Å². The van der Waals surface area contributed by atoms with Crippen LogP contribution in [0.2, 0.25) is 0 Å². The largest absolute Gasteiger partial charge is 0.310 e. The molecule has 0 bridgehead atoms. The number of nitrogens with zero attached hydrogens (tertiary/aromatic N) is 2. The second kappa shape index (κ2) is 15.6. The van der Waals surface area contributed by atoms with Crippen LogP contribution in [0.5, 0.6) is 0 Å². The number of hydrogen-bond donors (Lipinski definition) is 0. The Morgan fingerprint density at radius 3 is 1.58 bits per heavy atom. The lowest BCUT2D eigenvalue weighted by atomic mass is 9.82. The van der Waals surface area contributed by atoms with Crippen molar-refractivity contribution >= 4 is 66.4 Å². The summed E-state index contributed by atoms with van der Waals surface area (Å²) >= 11 is 0. The highest BCUT2D eigenvalue weighted by Crippen LogP contribution is 2.52. The Bertz CT molecular complexity index is 3560. The molecule has 0 saturated heterocycles. The van der Waals surface area contributed by atoms with Crippen LogP contribution < -0.4 is 9.80 Å². The van der Waals surface area contributed by atoms with Crippen LogP contribution in [-0.2, 0) is 5.41 Å². The molecule has 2 heteroatoms. The highest BCUT2D eigenvalue weighted by molar-refractivity contribution is 6.09. The van der Waals surface area contributed by atoms with Crippen LogP contribution in [0.25, 0.3) is 65.7 Å². The highest BCUT2D eigenvalue weighted by Gasteiger charge is 2.36. The molecule has 0 aromatic heterocycles. The van der Waals surface area contributed by atoms with Gasteiger partial charge >= 0.3 is 0 Å². The third-order valence-corrected chi connectivity index (χ3v) is 13.6. The molecule has 1 aliphatic carbocycles. The van der Waals surface area contributed by atoms with E-state index in [2.05, 4.69) is 266 Å². The SMILES string of the molecule is CC1(C)c2ccccc2-c2ccc(N(c3cccc4ccccc34)c3cccc4c(-c5ccc(N(c6ccc(-c7ccccc7)cc6)c6ccc7ccccc7c6)cc5)cccc34)cc21. The summed E-state index contributed by atoms with van der Waals surface area (Å²) in [5, 5.41) is 7.28. The summed E-state index contributed by atoms with van der Waals surface area (Å²) in [5.41, 5.74) is 16.8. The Kier molecular flexibility index (Phi) is 9.21. The third kappa shape index (κ3) is 6.57. The van der Waals surface area contributed by atoms with Crippen LogP contribution in [0, 0.1) is 0 Å². The number of benzene rings is 11. The van der Waals surface area contributed by atoms with Gasteiger partial charge in [-0.3, -0.25) is 0 Å². The van der Waals surface area contributed by atoms with Crippen molar-refractivity contribution in [2.24, 2.45) is 0 Å². The zero-order valence-electron chi connectivity index (χ0n) is 36.5. The summed E-state index contributed by atoms with van der Waals surface area (Å²) in [5.74, 6) is 0. The van der Waals surface area contributed by atoms with E-state index in [0.29, 0.717) is 0 Å². The van der Waals surface area contributed by atoms with E-state index >= 15 is 0 Å². The van der Waals surface area contributed by atoms with Gasteiger partial charge in [-0.25, -0.2) is 0 Å². The molecule has 0 spiro atoms. The maximum atomic E-state index is 2.49. The zero-order valence-corrected chi connectivity index (χ0v) is 36.5. The minimum Gasteiger partial charge on any atom is -0.310 e. The lowest BCUT2D eigenvalue weighted by Gasteiger charge is -2.30. The van der Waals surface area contributed by atoms with Gasteiger partial charge in [0.15, 0.2) is 0 Å². The molecule has 0 unspecified atom stereocenters. The summed E-state index contributed by atoms with van der Waals surface area (Å²) < 4.78 is 0. The molecule has 0 N–H and O–H groups in total. The molecule has 0 saturated carbocycles. The molecule has 308 valence electrons. The molecule has 0 heterocycles. The molecule has 0 aliphatic heterocycles. The summed E-state index contributed by atoms with van der Waals surface area (Å²) in [6.07, 6.45) is 0. The van der Waals surface area contributed by atoms with E-state index in [-0.39, 0.29) is 5.41 Å². The number of hydrogen-bond acceptors (Lipinski definition) is 2. The van der Waals surface area contributed by atoms with Crippen molar-refractivity contribution in [1.29, 1.82) is 0 Å². The fourth-order valence-electron chi connectivity index (χ4n) is 10.4. The van der Waals surface area contributed by atoms with E-state index in [9.17, 15) is 0 Å². The first-order chi connectivity index (χ1) is 32.0. The predicted molar refractivity (Wildman–Crippen MR) is 277 cm³/mol. The van der Waals surface area contributed by atoms with Gasteiger partial charge in [0, 0.05) is 38.9 Å². The van der Waals surface area contributed by atoms with E-state index in [1.165, 1.54) is 76.8 Å². The molecule has 0 radical (unpaired) electrons. The Morgan fingerprint density at radius 1 is 0.277 bits per heavy atom. The van der Waals surface area contributed by atoms with Crippen LogP contribution in [0.4, 0.5) is 34.1 Å². The number of anilines is 6. The van der Waals surface area contributed by atoms with Crippen molar-refractivity contribution in [1.82, 2.24) is 0 Å².